The van der Waals surface area contributed by atoms with E-state index in [0.717, 1.165) is 36.9 Å². The molecule has 4 heteroatoms. The van der Waals surface area contributed by atoms with Crippen molar-refractivity contribution >= 4 is 17.5 Å². The molecule has 1 spiro atoms. The van der Waals surface area contributed by atoms with Crippen LogP contribution in [0.1, 0.15) is 61.4 Å². The van der Waals surface area contributed by atoms with Crippen molar-refractivity contribution in [1.82, 2.24) is 5.32 Å². The van der Waals surface area contributed by atoms with E-state index in [-0.39, 0.29) is 17.7 Å². The molecule has 1 aliphatic heterocycles. The zero-order valence-corrected chi connectivity index (χ0v) is 16.7. The standard InChI is InChI=1S/C24H28N2O2/c1-17(2)16-25-22(27)21-19-12-6-7-13-20(19)23(28)26(18-10-4-3-5-11-18)24(21)14-8-9-15-24/h3-7,10-13,17,21H,8-9,14-16H2,1-2H3,(H,25,27)/t21-/m0/s1. The molecular formula is C24H28N2O2. The quantitative estimate of drug-likeness (QED) is 0.853. The highest BCUT2D eigenvalue weighted by Crippen LogP contribution is 2.51. The monoisotopic (exact) mass is 376 g/mol. The summed E-state index contributed by atoms with van der Waals surface area (Å²) in [6.07, 6.45) is 3.77. The van der Waals surface area contributed by atoms with Gasteiger partial charge in [0.15, 0.2) is 0 Å². The first-order valence-corrected chi connectivity index (χ1v) is 10.3. The number of fused-ring (bicyclic) bond motifs is 1. The summed E-state index contributed by atoms with van der Waals surface area (Å²) in [6.45, 7) is 4.84. The molecule has 4 rings (SSSR count). The van der Waals surface area contributed by atoms with Crippen molar-refractivity contribution in [2.24, 2.45) is 5.92 Å². The number of carbonyl (C=O) groups is 2. The highest BCUT2D eigenvalue weighted by Gasteiger charge is 2.56. The molecule has 28 heavy (non-hydrogen) atoms. The first-order chi connectivity index (χ1) is 13.5. The second-order valence-electron chi connectivity index (χ2n) is 8.45. The Balaban J connectivity index is 1.88. The maximum absolute atomic E-state index is 13.6. The number of rotatable bonds is 4. The summed E-state index contributed by atoms with van der Waals surface area (Å²) in [6, 6.07) is 17.5. The van der Waals surface area contributed by atoms with Crippen LogP contribution in [0.15, 0.2) is 54.6 Å². The van der Waals surface area contributed by atoms with Crippen LogP contribution in [0.2, 0.25) is 0 Å². The van der Waals surface area contributed by atoms with E-state index in [2.05, 4.69) is 19.2 Å². The summed E-state index contributed by atoms with van der Waals surface area (Å²) in [7, 11) is 0. The summed E-state index contributed by atoms with van der Waals surface area (Å²) in [4.78, 5) is 29.0. The minimum absolute atomic E-state index is 0.0107. The molecule has 0 bridgehead atoms. The molecule has 1 atom stereocenters. The first kappa shape index (κ1) is 18.7. The molecule has 2 aromatic carbocycles. The molecule has 2 amide bonds. The molecule has 1 N–H and O–H groups in total. The Morgan fingerprint density at radius 1 is 1.07 bits per heavy atom. The second-order valence-corrected chi connectivity index (χ2v) is 8.45. The van der Waals surface area contributed by atoms with Gasteiger partial charge in [-0.1, -0.05) is 63.1 Å². The largest absolute Gasteiger partial charge is 0.355 e. The molecule has 0 unspecified atom stereocenters. The number of benzene rings is 2. The van der Waals surface area contributed by atoms with Crippen LogP contribution in [-0.4, -0.2) is 23.9 Å². The van der Waals surface area contributed by atoms with Gasteiger partial charge in [0.1, 0.15) is 0 Å². The van der Waals surface area contributed by atoms with Crippen LogP contribution in [0.3, 0.4) is 0 Å². The van der Waals surface area contributed by atoms with Gasteiger partial charge in [0, 0.05) is 17.8 Å². The third-order valence-electron chi connectivity index (χ3n) is 6.12. The SMILES string of the molecule is CC(C)CNC(=O)[C@@H]1c2ccccc2C(=O)N(c2ccccc2)C12CCCC2. The van der Waals surface area contributed by atoms with Crippen molar-refractivity contribution in [2.45, 2.75) is 51.0 Å². The number of hydrogen-bond acceptors (Lipinski definition) is 2. The van der Waals surface area contributed by atoms with Gasteiger partial charge in [0.2, 0.25) is 5.91 Å². The molecule has 1 saturated carbocycles. The molecule has 0 saturated heterocycles. The Morgan fingerprint density at radius 3 is 2.39 bits per heavy atom. The topological polar surface area (TPSA) is 49.4 Å². The fourth-order valence-corrected chi connectivity index (χ4v) is 4.93. The van der Waals surface area contributed by atoms with Crippen LogP contribution in [-0.2, 0) is 4.79 Å². The lowest BCUT2D eigenvalue weighted by Gasteiger charge is -2.50. The van der Waals surface area contributed by atoms with Gasteiger partial charge >= 0.3 is 0 Å². The van der Waals surface area contributed by atoms with Crippen LogP contribution in [0.4, 0.5) is 5.69 Å². The smallest absolute Gasteiger partial charge is 0.259 e. The molecule has 4 nitrogen and oxygen atoms in total. The van der Waals surface area contributed by atoms with E-state index in [1.807, 2.05) is 59.5 Å². The summed E-state index contributed by atoms with van der Waals surface area (Å²) < 4.78 is 0. The Labute approximate surface area is 166 Å². The van der Waals surface area contributed by atoms with Crippen molar-refractivity contribution in [2.75, 3.05) is 11.4 Å². The minimum Gasteiger partial charge on any atom is -0.355 e. The van der Waals surface area contributed by atoms with Crippen molar-refractivity contribution in [1.29, 1.82) is 0 Å². The molecule has 146 valence electrons. The Bertz CT molecular complexity index is 869. The fourth-order valence-electron chi connectivity index (χ4n) is 4.93. The van der Waals surface area contributed by atoms with Gasteiger partial charge in [0.25, 0.3) is 5.91 Å². The van der Waals surface area contributed by atoms with E-state index in [4.69, 9.17) is 0 Å². The lowest BCUT2D eigenvalue weighted by molar-refractivity contribution is -0.124. The maximum Gasteiger partial charge on any atom is 0.259 e. The third kappa shape index (κ3) is 3.01. The number of nitrogens with zero attached hydrogens (tertiary/aromatic N) is 1. The van der Waals surface area contributed by atoms with Crippen LogP contribution < -0.4 is 10.2 Å². The number of para-hydroxylation sites is 1. The molecule has 1 aliphatic carbocycles. The molecule has 2 aliphatic rings. The predicted molar refractivity (Wildman–Crippen MR) is 111 cm³/mol. The molecule has 0 radical (unpaired) electrons. The average molecular weight is 377 g/mol. The Morgan fingerprint density at radius 2 is 1.71 bits per heavy atom. The van der Waals surface area contributed by atoms with E-state index in [0.29, 0.717) is 18.0 Å². The normalized spacial score (nSPS) is 20.5. The van der Waals surface area contributed by atoms with Crippen LogP contribution in [0.25, 0.3) is 0 Å². The van der Waals surface area contributed by atoms with E-state index in [9.17, 15) is 9.59 Å². The molecule has 1 heterocycles. The Kier molecular flexibility index (Phi) is 4.96. The summed E-state index contributed by atoms with van der Waals surface area (Å²) in [5.74, 6) is 0.0881. The number of anilines is 1. The van der Waals surface area contributed by atoms with Crippen molar-refractivity contribution in [3.05, 3.63) is 65.7 Å². The van der Waals surface area contributed by atoms with Gasteiger partial charge in [-0.2, -0.15) is 0 Å². The summed E-state index contributed by atoms with van der Waals surface area (Å²) >= 11 is 0. The molecular weight excluding hydrogens is 348 g/mol. The van der Waals surface area contributed by atoms with Gasteiger partial charge < -0.3 is 10.2 Å². The average Bonchev–Trinajstić information content (AvgIpc) is 3.17. The van der Waals surface area contributed by atoms with Gasteiger partial charge in [0.05, 0.1) is 11.5 Å². The van der Waals surface area contributed by atoms with Gasteiger partial charge in [-0.15, -0.1) is 0 Å². The molecule has 2 aromatic rings. The number of amides is 2. The maximum atomic E-state index is 13.6. The van der Waals surface area contributed by atoms with E-state index >= 15 is 0 Å². The molecule has 0 aromatic heterocycles. The highest BCUT2D eigenvalue weighted by molar-refractivity contribution is 6.12. The predicted octanol–water partition coefficient (Wildman–Crippen LogP) is 4.52. The Hall–Kier alpha value is -2.62. The first-order valence-electron chi connectivity index (χ1n) is 10.3. The number of nitrogens with one attached hydrogen (secondary N) is 1. The van der Waals surface area contributed by atoms with E-state index in [1.165, 1.54) is 0 Å². The third-order valence-corrected chi connectivity index (χ3v) is 6.12. The lowest BCUT2D eigenvalue weighted by atomic mass is 9.70. The fraction of sp³-hybridized carbons (Fsp3) is 0.417. The summed E-state index contributed by atoms with van der Waals surface area (Å²) in [5, 5.41) is 3.15. The highest BCUT2D eigenvalue weighted by atomic mass is 16.2. The van der Waals surface area contributed by atoms with Crippen LogP contribution >= 0.6 is 0 Å². The number of hydrogen-bond donors (Lipinski definition) is 1. The minimum atomic E-state index is -0.492. The second kappa shape index (κ2) is 7.42. The van der Waals surface area contributed by atoms with Gasteiger partial charge in [-0.25, -0.2) is 0 Å². The number of carbonyl (C=O) groups excluding carboxylic acids is 2. The van der Waals surface area contributed by atoms with E-state index in [1.54, 1.807) is 0 Å². The zero-order chi connectivity index (χ0) is 19.7. The zero-order valence-electron chi connectivity index (χ0n) is 16.7. The van der Waals surface area contributed by atoms with Gasteiger partial charge in [-0.05, 0) is 42.5 Å². The van der Waals surface area contributed by atoms with Crippen molar-refractivity contribution < 1.29 is 9.59 Å². The van der Waals surface area contributed by atoms with Crippen LogP contribution in [0.5, 0.6) is 0 Å². The summed E-state index contributed by atoms with van der Waals surface area (Å²) in [5.41, 5.74) is 1.91. The van der Waals surface area contributed by atoms with Gasteiger partial charge in [-0.3, -0.25) is 9.59 Å². The van der Waals surface area contributed by atoms with Crippen LogP contribution in [0, 0.1) is 5.92 Å². The van der Waals surface area contributed by atoms with Crippen molar-refractivity contribution in [3.8, 4) is 0 Å². The van der Waals surface area contributed by atoms with E-state index < -0.39 is 5.54 Å². The lowest BCUT2D eigenvalue weighted by Crippen LogP contribution is -2.61. The van der Waals surface area contributed by atoms with Crippen molar-refractivity contribution in [3.63, 3.8) is 0 Å². The molecule has 1 fully saturated rings.